The summed E-state index contributed by atoms with van der Waals surface area (Å²) in [6.45, 7) is 10.6. The van der Waals surface area contributed by atoms with E-state index in [-0.39, 0.29) is 5.92 Å². The molecule has 3 heteroatoms. The van der Waals surface area contributed by atoms with Gasteiger partial charge in [-0.05, 0) is 13.5 Å². The van der Waals surface area contributed by atoms with Crippen molar-refractivity contribution >= 4 is 5.78 Å². The topological polar surface area (TPSA) is 32.3 Å². The molecule has 90 valence electrons. The Kier molecular flexibility index (Phi) is 7.61. The molecule has 1 aliphatic rings. The molecule has 0 bridgehead atoms. The summed E-state index contributed by atoms with van der Waals surface area (Å²) in [6, 6.07) is 0.583. The monoisotopic (exact) mass is 214 g/mol. The third-order valence-electron chi connectivity index (χ3n) is 2.70. The lowest BCUT2D eigenvalue weighted by Crippen LogP contribution is -2.33. The van der Waals surface area contributed by atoms with E-state index in [1.54, 1.807) is 0 Å². The lowest BCUT2D eigenvalue weighted by atomic mass is 10.1. The Labute approximate surface area is 94.2 Å². The Balaban J connectivity index is 0.000000921. The van der Waals surface area contributed by atoms with Gasteiger partial charge in [0, 0.05) is 25.0 Å². The fourth-order valence-corrected chi connectivity index (χ4v) is 1.61. The molecule has 1 rings (SSSR count). The summed E-state index contributed by atoms with van der Waals surface area (Å²) in [7, 11) is 1.98. The van der Waals surface area contributed by atoms with Gasteiger partial charge in [-0.15, -0.1) is 0 Å². The predicted octanol–water partition coefficient (Wildman–Crippen LogP) is 1.53. The molecule has 0 aromatic rings. The first-order chi connectivity index (χ1) is 7.13. The van der Waals surface area contributed by atoms with E-state index in [4.69, 9.17) is 0 Å². The molecular weight excluding hydrogens is 188 g/mol. The molecule has 1 aliphatic heterocycles. The van der Waals surface area contributed by atoms with Gasteiger partial charge >= 0.3 is 0 Å². The van der Waals surface area contributed by atoms with Crippen LogP contribution >= 0.6 is 0 Å². The second-order valence-electron chi connectivity index (χ2n) is 4.13. The number of hydrogen-bond acceptors (Lipinski definition) is 3. The minimum absolute atomic E-state index is 0.175. The average molecular weight is 214 g/mol. The van der Waals surface area contributed by atoms with Crippen molar-refractivity contribution in [2.75, 3.05) is 26.7 Å². The highest BCUT2D eigenvalue weighted by Gasteiger charge is 2.23. The molecule has 1 atom stereocenters. The van der Waals surface area contributed by atoms with Crippen LogP contribution in [0.15, 0.2) is 0 Å². The highest BCUT2D eigenvalue weighted by Crippen LogP contribution is 2.09. The lowest BCUT2D eigenvalue weighted by Gasteiger charge is -2.15. The summed E-state index contributed by atoms with van der Waals surface area (Å²) in [6.07, 6.45) is 1.17. The van der Waals surface area contributed by atoms with Crippen LogP contribution in [-0.4, -0.2) is 43.4 Å². The van der Waals surface area contributed by atoms with Crippen LogP contribution in [0.4, 0.5) is 0 Å². The van der Waals surface area contributed by atoms with Crippen LogP contribution in [0.5, 0.6) is 0 Å². The van der Waals surface area contributed by atoms with E-state index in [2.05, 4.69) is 10.2 Å². The zero-order chi connectivity index (χ0) is 11.8. The van der Waals surface area contributed by atoms with Gasteiger partial charge in [-0.3, -0.25) is 9.69 Å². The molecule has 0 aliphatic carbocycles. The van der Waals surface area contributed by atoms with E-state index in [1.165, 1.54) is 6.42 Å². The van der Waals surface area contributed by atoms with Gasteiger partial charge in [-0.2, -0.15) is 0 Å². The number of carbonyl (C=O) groups excluding carboxylic acids is 1. The van der Waals surface area contributed by atoms with Gasteiger partial charge in [-0.1, -0.05) is 27.7 Å². The number of likely N-dealkylation sites (N-methyl/N-ethyl adjacent to an activating group) is 1. The quantitative estimate of drug-likeness (QED) is 0.770. The highest BCUT2D eigenvalue weighted by molar-refractivity contribution is 5.82. The highest BCUT2D eigenvalue weighted by atomic mass is 16.1. The van der Waals surface area contributed by atoms with Gasteiger partial charge in [0.2, 0.25) is 0 Å². The van der Waals surface area contributed by atoms with E-state index in [0.29, 0.717) is 18.4 Å². The van der Waals surface area contributed by atoms with Gasteiger partial charge in [0.05, 0.1) is 6.54 Å². The van der Waals surface area contributed by atoms with Crippen LogP contribution in [0.3, 0.4) is 0 Å². The molecule has 0 aromatic heterocycles. The lowest BCUT2D eigenvalue weighted by molar-refractivity contribution is -0.122. The minimum atomic E-state index is 0.175. The maximum absolute atomic E-state index is 11.4. The normalized spacial score (nSPS) is 21.3. The van der Waals surface area contributed by atoms with Crippen molar-refractivity contribution in [1.29, 1.82) is 0 Å². The molecule has 1 fully saturated rings. The number of rotatable bonds is 4. The molecule has 1 unspecified atom stereocenters. The van der Waals surface area contributed by atoms with Gasteiger partial charge in [0.1, 0.15) is 5.78 Å². The Morgan fingerprint density at radius 3 is 2.47 bits per heavy atom. The second kappa shape index (κ2) is 7.83. The van der Waals surface area contributed by atoms with Gasteiger partial charge < -0.3 is 5.32 Å². The molecule has 15 heavy (non-hydrogen) atoms. The summed E-state index contributed by atoms with van der Waals surface area (Å²) in [5.74, 6) is 0.533. The largest absolute Gasteiger partial charge is 0.316 e. The molecule has 0 aromatic carbocycles. The fraction of sp³-hybridized carbons (Fsp3) is 0.917. The van der Waals surface area contributed by atoms with Crippen molar-refractivity contribution in [3.05, 3.63) is 0 Å². The van der Waals surface area contributed by atoms with E-state index in [0.717, 1.165) is 13.1 Å². The molecule has 1 N–H and O–H groups in total. The predicted molar refractivity (Wildman–Crippen MR) is 65.1 cm³/mol. The second-order valence-corrected chi connectivity index (χ2v) is 4.13. The molecule has 1 saturated heterocycles. The summed E-state index contributed by atoms with van der Waals surface area (Å²) >= 11 is 0. The number of likely N-dealkylation sites (tertiary alicyclic amines) is 1. The van der Waals surface area contributed by atoms with E-state index < -0.39 is 0 Å². The Hall–Kier alpha value is -0.410. The Morgan fingerprint density at radius 2 is 2.07 bits per heavy atom. The molecule has 1 heterocycles. The van der Waals surface area contributed by atoms with Crippen LogP contribution in [0, 0.1) is 5.92 Å². The van der Waals surface area contributed by atoms with Gasteiger partial charge in [0.25, 0.3) is 0 Å². The number of carbonyl (C=O) groups is 1. The minimum Gasteiger partial charge on any atom is -0.316 e. The van der Waals surface area contributed by atoms with Crippen LogP contribution in [-0.2, 0) is 4.79 Å². The van der Waals surface area contributed by atoms with Crippen molar-refractivity contribution in [1.82, 2.24) is 10.2 Å². The smallest absolute Gasteiger partial charge is 0.149 e. The van der Waals surface area contributed by atoms with Crippen LogP contribution in [0.1, 0.15) is 34.1 Å². The number of ketones is 1. The summed E-state index contributed by atoms with van der Waals surface area (Å²) in [4.78, 5) is 13.7. The van der Waals surface area contributed by atoms with Gasteiger partial charge in [0.15, 0.2) is 0 Å². The van der Waals surface area contributed by atoms with Crippen LogP contribution in [0.2, 0.25) is 0 Å². The maximum Gasteiger partial charge on any atom is 0.149 e. The van der Waals surface area contributed by atoms with E-state index >= 15 is 0 Å². The first kappa shape index (κ1) is 14.6. The number of nitrogens with zero attached hydrogens (tertiary/aromatic N) is 1. The standard InChI is InChI=1S/C10H20N2O.C2H6/c1-8(2)10(13)7-12-5-4-9(6-12)11-3;1-2/h8-9,11H,4-7H2,1-3H3;1-2H3. The molecular formula is C12H26N2O. The third kappa shape index (κ3) is 5.28. The van der Waals surface area contributed by atoms with Crippen molar-refractivity contribution < 1.29 is 4.79 Å². The summed E-state index contributed by atoms with van der Waals surface area (Å²) in [5.41, 5.74) is 0. The van der Waals surface area contributed by atoms with Crippen LogP contribution < -0.4 is 5.32 Å². The van der Waals surface area contributed by atoms with Gasteiger partial charge in [-0.25, -0.2) is 0 Å². The van der Waals surface area contributed by atoms with Crippen molar-refractivity contribution in [2.45, 2.75) is 40.2 Å². The van der Waals surface area contributed by atoms with Crippen molar-refractivity contribution in [2.24, 2.45) is 5.92 Å². The molecule has 0 saturated carbocycles. The van der Waals surface area contributed by atoms with Crippen molar-refractivity contribution in [3.8, 4) is 0 Å². The number of nitrogens with one attached hydrogen (secondary N) is 1. The Morgan fingerprint density at radius 1 is 1.47 bits per heavy atom. The van der Waals surface area contributed by atoms with Crippen LogP contribution in [0.25, 0.3) is 0 Å². The first-order valence-electron chi connectivity index (χ1n) is 6.05. The van der Waals surface area contributed by atoms with Crippen molar-refractivity contribution in [3.63, 3.8) is 0 Å². The molecule has 0 radical (unpaired) electrons. The Bertz CT molecular complexity index is 180. The average Bonchev–Trinajstić information content (AvgIpc) is 2.68. The zero-order valence-corrected chi connectivity index (χ0v) is 10.8. The van der Waals surface area contributed by atoms with E-state index in [1.807, 2.05) is 34.7 Å². The maximum atomic E-state index is 11.4. The SMILES string of the molecule is CC.CNC1CCN(CC(=O)C(C)C)C1. The summed E-state index contributed by atoms with van der Waals surface area (Å²) < 4.78 is 0. The first-order valence-corrected chi connectivity index (χ1v) is 6.05. The number of hydrogen-bond donors (Lipinski definition) is 1. The summed E-state index contributed by atoms with van der Waals surface area (Å²) in [5, 5.41) is 3.24. The fourth-order valence-electron chi connectivity index (χ4n) is 1.61. The third-order valence-corrected chi connectivity index (χ3v) is 2.70. The molecule has 0 spiro atoms. The molecule has 3 nitrogen and oxygen atoms in total. The van der Waals surface area contributed by atoms with E-state index in [9.17, 15) is 4.79 Å². The number of Topliss-reactive ketones (excluding diaryl/α,β-unsaturated/α-hetero) is 1. The molecule has 0 amide bonds. The zero-order valence-electron chi connectivity index (χ0n) is 10.8.